The molecule has 1 heterocycles. The number of aliphatic hydroxyl groups is 1. The van der Waals surface area contributed by atoms with Gasteiger partial charge in [-0.1, -0.05) is 0 Å². The minimum absolute atomic E-state index is 0.0868. The number of hydrogen-bond donors (Lipinski definition) is 2. The summed E-state index contributed by atoms with van der Waals surface area (Å²) < 4.78 is 5.70. The van der Waals surface area contributed by atoms with Crippen molar-refractivity contribution in [1.82, 2.24) is 9.97 Å². The fourth-order valence-electron chi connectivity index (χ4n) is 0.706. The summed E-state index contributed by atoms with van der Waals surface area (Å²) in [5.74, 6) is 0.348. The Morgan fingerprint density at radius 1 is 1.54 bits per heavy atom. The van der Waals surface area contributed by atoms with Crippen LogP contribution in [0.4, 0.5) is 5.82 Å². The molecule has 0 amide bonds. The zero-order chi connectivity index (χ0) is 9.68. The number of aliphatic hydroxyl groups excluding tert-OH is 1. The molecule has 0 saturated heterocycles. The average Bonchev–Trinajstić information content (AvgIpc) is 2.03. The van der Waals surface area contributed by atoms with Gasteiger partial charge in [-0.2, -0.15) is 9.97 Å². The highest BCUT2D eigenvalue weighted by Gasteiger charge is 2.00. The summed E-state index contributed by atoms with van der Waals surface area (Å²) in [5.41, 5.74) is 5.45. The van der Waals surface area contributed by atoms with Crippen molar-refractivity contribution < 1.29 is 9.84 Å². The van der Waals surface area contributed by atoms with Crippen LogP contribution >= 0.6 is 15.9 Å². The number of ether oxygens (including phenoxy) is 1. The van der Waals surface area contributed by atoms with Crippen molar-refractivity contribution in [2.45, 2.75) is 6.42 Å². The maximum absolute atomic E-state index is 8.50. The quantitative estimate of drug-likeness (QED) is 0.601. The number of hydrogen-bond acceptors (Lipinski definition) is 5. The molecule has 0 aromatic carbocycles. The van der Waals surface area contributed by atoms with Crippen LogP contribution in [0.15, 0.2) is 10.7 Å². The van der Waals surface area contributed by atoms with E-state index in [1.165, 1.54) is 0 Å². The van der Waals surface area contributed by atoms with Crippen molar-refractivity contribution in [3.8, 4) is 6.01 Å². The van der Waals surface area contributed by atoms with Crippen LogP contribution in [0.25, 0.3) is 0 Å². The molecule has 0 fully saturated rings. The maximum Gasteiger partial charge on any atom is 0.319 e. The molecule has 0 saturated carbocycles. The van der Waals surface area contributed by atoms with Gasteiger partial charge < -0.3 is 15.6 Å². The van der Waals surface area contributed by atoms with Gasteiger partial charge in [0.05, 0.1) is 6.61 Å². The molecule has 0 atom stereocenters. The van der Waals surface area contributed by atoms with Crippen LogP contribution in [-0.2, 0) is 0 Å². The number of nitrogens with two attached hydrogens (primary N) is 1. The highest BCUT2D eigenvalue weighted by atomic mass is 79.9. The molecule has 0 unspecified atom stereocenters. The van der Waals surface area contributed by atoms with Gasteiger partial charge in [0.25, 0.3) is 0 Å². The van der Waals surface area contributed by atoms with E-state index in [2.05, 4.69) is 25.9 Å². The van der Waals surface area contributed by atoms with E-state index >= 15 is 0 Å². The summed E-state index contributed by atoms with van der Waals surface area (Å²) >= 11 is 3.16. The zero-order valence-corrected chi connectivity index (χ0v) is 8.49. The van der Waals surface area contributed by atoms with Crippen LogP contribution in [0.1, 0.15) is 6.42 Å². The molecule has 0 aliphatic heterocycles. The van der Waals surface area contributed by atoms with Gasteiger partial charge in [0.2, 0.25) is 0 Å². The third kappa shape index (κ3) is 3.56. The van der Waals surface area contributed by atoms with Crippen molar-refractivity contribution in [1.29, 1.82) is 0 Å². The molecule has 0 spiro atoms. The average molecular weight is 248 g/mol. The third-order valence-corrected chi connectivity index (χ3v) is 1.63. The van der Waals surface area contributed by atoms with Crippen molar-refractivity contribution in [2.75, 3.05) is 18.9 Å². The van der Waals surface area contributed by atoms with Crippen LogP contribution in [0.2, 0.25) is 0 Å². The molecule has 0 bridgehead atoms. The number of rotatable bonds is 4. The predicted octanol–water partition coefficient (Wildman–Crippen LogP) is 0.583. The number of halogens is 1. The first-order valence-corrected chi connectivity index (χ1v) is 4.55. The van der Waals surface area contributed by atoms with E-state index < -0.39 is 0 Å². The minimum Gasteiger partial charge on any atom is -0.463 e. The van der Waals surface area contributed by atoms with Crippen LogP contribution in [-0.4, -0.2) is 28.3 Å². The fraction of sp³-hybridized carbons (Fsp3) is 0.429. The molecular formula is C7H10BrN3O2. The Kier molecular flexibility index (Phi) is 3.91. The summed E-state index contributed by atoms with van der Waals surface area (Å²) in [5, 5.41) is 8.50. The molecule has 0 aliphatic rings. The smallest absolute Gasteiger partial charge is 0.319 e. The van der Waals surface area contributed by atoms with Gasteiger partial charge in [0.1, 0.15) is 10.4 Å². The topological polar surface area (TPSA) is 81.3 Å². The van der Waals surface area contributed by atoms with Gasteiger partial charge in [-0.25, -0.2) is 0 Å². The van der Waals surface area contributed by atoms with Crippen molar-refractivity contribution in [3.63, 3.8) is 0 Å². The van der Waals surface area contributed by atoms with E-state index in [0.717, 1.165) is 0 Å². The van der Waals surface area contributed by atoms with E-state index in [1.807, 2.05) is 0 Å². The van der Waals surface area contributed by atoms with Gasteiger partial charge in [-0.3, -0.25) is 0 Å². The molecule has 0 aliphatic carbocycles. The van der Waals surface area contributed by atoms with Crippen molar-refractivity contribution in [2.24, 2.45) is 0 Å². The second-order valence-electron chi connectivity index (χ2n) is 2.32. The number of anilines is 1. The second kappa shape index (κ2) is 4.98. The molecule has 6 heteroatoms. The Labute approximate surface area is 84.1 Å². The minimum atomic E-state index is 0.0868. The van der Waals surface area contributed by atoms with E-state index in [0.29, 0.717) is 23.4 Å². The van der Waals surface area contributed by atoms with Crippen LogP contribution < -0.4 is 10.5 Å². The predicted molar refractivity (Wildman–Crippen MR) is 51.3 cm³/mol. The normalized spacial score (nSPS) is 10.0. The molecule has 13 heavy (non-hydrogen) atoms. The molecule has 3 N–H and O–H groups in total. The molecular weight excluding hydrogens is 238 g/mol. The molecule has 0 radical (unpaired) electrons. The monoisotopic (exact) mass is 247 g/mol. The van der Waals surface area contributed by atoms with Gasteiger partial charge in [0, 0.05) is 19.1 Å². The van der Waals surface area contributed by atoms with Crippen molar-refractivity contribution >= 4 is 21.7 Å². The van der Waals surface area contributed by atoms with E-state index in [-0.39, 0.29) is 12.6 Å². The zero-order valence-electron chi connectivity index (χ0n) is 6.90. The van der Waals surface area contributed by atoms with Crippen molar-refractivity contribution in [3.05, 3.63) is 10.7 Å². The largest absolute Gasteiger partial charge is 0.463 e. The summed E-state index contributed by atoms with van der Waals surface area (Å²) in [4.78, 5) is 7.77. The molecule has 72 valence electrons. The standard InChI is InChI=1S/C7H10BrN3O2/c8-5-4-6(9)11-7(10-5)13-3-1-2-12/h4,12H,1-3H2,(H2,9,10,11). The van der Waals surface area contributed by atoms with E-state index in [1.54, 1.807) is 6.07 Å². The fourth-order valence-corrected chi connectivity index (χ4v) is 1.09. The first-order chi connectivity index (χ1) is 6.22. The van der Waals surface area contributed by atoms with E-state index in [4.69, 9.17) is 15.6 Å². The van der Waals surface area contributed by atoms with E-state index in [9.17, 15) is 0 Å². The second-order valence-corrected chi connectivity index (χ2v) is 3.14. The Morgan fingerprint density at radius 2 is 2.31 bits per heavy atom. The van der Waals surface area contributed by atoms with Gasteiger partial charge in [-0.15, -0.1) is 0 Å². The Balaban J connectivity index is 2.56. The lowest BCUT2D eigenvalue weighted by atomic mass is 10.5. The van der Waals surface area contributed by atoms with Gasteiger partial charge in [0.15, 0.2) is 0 Å². The molecule has 1 rings (SSSR count). The first-order valence-electron chi connectivity index (χ1n) is 3.76. The summed E-state index contributed by atoms with van der Waals surface area (Å²) in [7, 11) is 0. The third-order valence-electron chi connectivity index (χ3n) is 1.23. The maximum atomic E-state index is 8.50. The molecule has 1 aromatic heterocycles. The lowest BCUT2D eigenvalue weighted by molar-refractivity contribution is 0.224. The summed E-state index contributed by atoms with van der Waals surface area (Å²) in [6, 6.07) is 1.80. The molecule has 1 aromatic rings. The number of nitrogen functional groups attached to an aromatic ring is 1. The Bertz CT molecular complexity index is 262. The highest BCUT2D eigenvalue weighted by molar-refractivity contribution is 9.10. The summed E-state index contributed by atoms with van der Waals surface area (Å²) in [6.07, 6.45) is 0.551. The molecule has 5 nitrogen and oxygen atoms in total. The Morgan fingerprint density at radius 3 is 2.92 bits per heavy atom. The van der Waals surface area contributed by atoms with Crippen LogP contribution in [0.5, 0.6) is 6.01 Å². The highest BCUT2D eigenvalue weighted by Crippen LogP contribution is 2.13. The Hall–Kier alpha value is -0.880. The number of aromatic nitrogens is 2. The van der Waals surface area contributed by atoms with Gasteiger partial charge >= 0.3 is 6.01 Å². The lowest BCUT2D eigenvalue weighted by Gasteiger charge is -2.03. The van der Waals surface area contributed by atoms with Crippen LogP contribution in [0, 0.1) is 0 Å². The first kappa shape index (κ1) is 10.2. The summed E-state index contributed by atoms with van der Waals surface area (Å²) in [6.45, 7) is 0.468. The van der Waals surface area contributed by atoms with Crippen LogP contribution in [0.3, 0.4) is 0 Å². The number of nitrogens with zero attached hydrogens (tertiary/aromatic N) is 2. The SMILES string of the molecule is Nc1cc(Br)nc(OCCCO)n1. The van der Waals surface area contributed by atoms with Gasteiger partial charge in [-0.05, 0) is 15.9 Å². The lowest BCUT2D eigenvalue weighted by Crippen LogP contribution is -2.04.